The third-order valence-electron chi connectivity index (χ3n) is 5.48. The van der Waals surface area contributed by atoms with Crippen LogP contribution in [0.5, 0.6) is 0 Å². The number of benzene rings is 3. The number of para-hydroxylation sites is 1. The lowest BCUT2D eigenvalue weighted by atomic mass is 10.1. The fourth-order valence-corrected chi connectivity index (χ4v) is 3.57. The summed E-state index contributed by atoms with van der Waals surface area (Å²) in [6, 6.07) is 21.3. The van der Waals surface area contributed by atoms with Crippen LogP contribution >= 0.6 is 0 Å². The Hall–Kier alpha value is -4.72. The van der Waals surface area contributed by atoms with E-state index >= 15 is 0 Å². The van der Waals surface area contributed by atoms with E-state index < -0.39 is 11.8 Å². The Morgan fingerprint density at radius 3 is 2.34 bits per heavy atom. The molecule has 0 radical (unpaired) electrons. The van der Waals surface area contributed by atoms with Crippen LogP contribution in [0.1, 0.15) is 21.6 Å². The van der Waals surface area contributed by atoms with Gasteiger partial charge in [0.2, 0.25) is 5.91 Å². The quantitative estimate of drug-likeness (QED) is 0.406. The molecular formula is C27H23FN4O3. The van der Waals surface area contributed by atoms with Crippen molar-refractivity contribution >= 4 is 29.3 Å². The molecule has 1 aromatic heterocycles. The van der Waals surface area contributed by atoms with Crippen LogP contribution in [-0.4, -0.2) is 21.2 Å². The lowest BCUT2D eigenvalue weighted by Gasteiger charge is -2.07. The molecule has 7 nitrogen and oxygen atoms in total. The number of carbonyl (C=O) groups excluding carboxylic acids is 2. The van der Waals surface area contributed by atoms with Gasteiger partial charge in [-0.3, -0.25) is 19.1 Å². The first kappa shape index (κ1) is 23.4. The van der Waals surface area contributed by atoms with Gasteiger partial charge in [0.05, 0.1) is 11.4 Å². The van der Waals surface area contributed by atoms with E-state index in [0.717, 1.165) is 0 Å². The van der Waals surface area contributed by atoms with Gasteiger partial charge >= 0.3 is 0 Å². The highest BCUT2D eigenvalue weighted by Crippen LogP contribution is 2.17. The number of halogens is 1. The summed E-state index contributed by atoms with van der Waals surface area (Å²) in [7, 11) is 1.75. The topological polar surface area (TPSA) is 85.1 Å². The number of nitrogens with one attached hydrogen (secondary N) is 2. The Morgan fingerprint density at radius 1 is 0.914 bits per heavy atom. The largest absolute Gasteiger partial charge is 0.322 e. The van der Waals surface area contributed by atoms with Crippen LogP contribution in [0.2, 0.25) is 0 Å². The Morgan fingerprint density at radius 2 is 1.63 bits per heavy atom. The van der Waals surface area contributed by atoms with Crippen LogP contribution in [-0.2, 0) is 11.8 Å². The molecule has 35 heavy (non-hydrogen) atoms. The summed E-state index contributed by atoms with van der Waals surface area (Å²) in [6.07, 6.45) is 2.88. The molecule has 0 spiro atoms. The highest BCUT2D eigenvalue weighted by Gasteiger charge is 2.19. The third-order valence-corrected chi connectivity index (χ3v) is 5.48. The molecule has 0 atom stereocenters. The van der Waals surface area contributed by atoms with Crippen molar-refractivity contribution in [2.24, 2.45) is 7.05 Å². The maximum atomic E-state index is 13.0. The normalized spacial score (nSPS) is 10.9. The molecule has 1 heterocycles. The maximum absolute atomic E-state index is 13.0. The van der Waals surface area contributed by atoms with Gasteiger partial charge in [-0.1, -0.05) is 36.4 Å². The van der Waals surface area contributed by atoms with E-state index in [-0.39, 0.29) is 22.6 Å². The van der Waals surface area contributed by atoms with E-state index in [1.54, 1.807) is 55.1 Å². The summed E-state index contributed by atoms with van der Waals surface area (Å²) in [5.74, 6) is -1.24. The predicted molar refractivity (Wildman–Crippen MR) is 134 cm³/mol. The summed E-state index contributed by atoms with van der Waals surface area (Å²) in [5.41, 5.74) is 2.48. The van der Waals surface area contributed by atoms with Crippen molar-refractivity contribution in [3.8, 4) is 5.69 Å². The number of rotatable bonds is 6. The fourth-order valence-electron chi connectivity index (χ4n) is 3.57. The van der Waals surface area contributed by atoms with Crippen molar-refractivity contribution in [3.63, 3.8) is 0 Å². The highest BCUT2D eigenvalue weighted by molar-refractivity contribution is 6.06. The van der Waals surface area contributed by atoms with Crippen LogP contribution < -0.4 is 16.2 Å². The second-order valence-electron chi connectivity index (χ2n) is 7.85. The van der Waals surface area contributed by atoms with E-state index in [1.807, 2.05) is 30.3 Å². The molecule has 0 fully saturated rings. The van der Waals surface area contributed by atoms with Crippen molar-refractivity contribution in [1.29, 1.82) is 0 Å². The molecule has 4 aromatic rings. The molecule has 0 bridgehead atoms. The Balaban J connectivity index is 1.49. The average molecular weight is 471 g/mol. The van der Waals surface area contributed by atoms with Crippen LogP contribution in [0.4, 0.5) is 15.8 Å². The molecule has 0 aliphatic heterocycles. The molecule has 0 saturated heterocycles. The maximum Gasteiger partial charge on any atom is 0.295 e. The van der Waals surface area contributed by atoms with E-state index in [1.165, 1.54) is 29.0 Å². The first-order valence-electron chi connectivity index (χ1n) is 10.8. The molecule has 3 aromatic carbocycles. The molecule has 0 saturated carbocycles. The van der Waals surface area contributed by atoms with Gasteiger partial charge < -0.3 is 10.6 Å². The molecule has 4 rings (SSSR count). The van der Waals surface area contributed by atoms with Crippen molar-refractivity contribution in [2.45, 2.75) is 6.92 Å². The summed E-state index contributed by atoms with van der Waals surface area (Å²) < 4.78 is 16.2. The Labute approximate surface area is 201 Å². The number of hydrogen-bond donors (Lipinski definition) is 2. The van der Waals surface area contributed by atoms with Gasteiger partial charge in [0, 0.05) is 24.4 Å². The monoisotopic (exact) mass is 470 g/mol. The van der Waals surface area contributed by atoms with E-state index in [4.69, 9.17) is 0 Å². The number of aromatic nitrogens is 2. The molecule has 0 aliphatic rings. The minimum atomic E-state index is -0.478. The zero-order valence-corrected chi connectivity index (χ0v) is 19.2. The number of anilines is 2. The molecule has 8 heteroatoms. The highest BCUT2D eigenvalue weighted by atomic mass is 19.1. The van der Waals surface area contributed by atoms with Crippen molar-refractivity contribution in [3.05, 3.63) is 118 Å². The summed E-state index contributed by atoms with van der Waals surface area (Å²) in [6.45, 7) is 1.75. The SMILES string of the molecule is Cc1c(NC(=O)c2cccc(NC(=O)/C=C/c3ccc(F)cc3)c2)c(=O)n(-c2ccccc2)n1C. The number of carbonyl (C=O) groups is 2. The second-order valence-corrected chi connectivity index (χ2v) is 7.85. The van der Waals surface area contributed by atoms with E-state index in [2.05, 4.69) is 10.6 Å². The van der Waals surface area contributed by atoms with E-state index in [9.17, 15) is 18.8 Å². The van der Waals surface area contributed by atoms with Gasteiger partial charge in [-0.2, -0.15) is 0 Å². The van der Waals surface area contributed by atoms with Crippen LogP contribution in [0.25, 0.3) is 11.8 Å². The van der Waals surface area contributed by atoms with Gasteiger partial charge in [-0.15, -0.1) is 0 Å². The molecule has 2 amide bonds. The summed E-state index contributed by atoms with van der Waals surface area (Å²) >= 11 is 0. The zero-order chi connectivity index (χ0) is 24.9. The van der Waals surface area contributed by atoms with Gasteiger partial charge in [0.15, 0.2) is 0 Å². The van der Waals surface area contributed by atoms with Gasteiger partial charge in [-0.05, 0) is 61.0 Å². The van der Waals surface area contributed by atoms with Crippen LogP contribution in [0, 0.1) is 12.7 Å². The summed E-state index contributed by atoms with van der Waals surface area (Å²) in [4.78, 5) is 38.2. The second kappa shape index (κ2) is 10.0. The molecule has 2 N–H and O–H groups in total. The zero-order valence-electron chi connectivity index (χ0n) is 19.2. The Bertz CT molecular complexity index is 1470. The average Bonchev–Trinajstić information content (AvgIpc) is 3.07. The smallest absolute Gasteiger partial charge is 0.295 e. The third kappa shape index (κ3) is 5.27. The first-order chi connectivity index (χ1) is 16.8. The number of amides is 2. The Kier molecular flexibility index (Phi) is 6.73. The van der Waals surface area contributed by atoms with Crippen molar-refractivity contribution < 1.29 is 14.0 Å². The van der Waals surface area contributed by atoms with Crippen LogP contribution in [0.3, 0.4) is 0 Å². The number of hydrogen-bond acceptors (Lipinski definition) is 3. The van der Waals surface area contributed by atoms with Crippen molar-refractivity contribution in [2.75, 3.05) is 10.6 Å². The fraction of sp³-hybridized carbons (Fsp3) is 0.0741. The minimum Gasteiger partial charge on any atom is -0.322 e. The van der Waals surface area contributed by atoms with Gasteiger partial charge in [0.1, 0.15) is 11.5 Å². The molecule has 176 valence electrons. The minimum absolute atomic E-state index is 0.179. The molecule has 0 unspecified atom stereocenters. The summed E-state index contributed by atoms with van der Waals surface area (Å²) in [5, 5.41) is 5.40. The van der Waals surface area contributed by atoms with Gasteiger partial charge in [0.25, 0.3) is 11.5 Å². The standard InChI is InChI=1S/C27H23FN4O3/c1-18-25(27(35)32(31(18)2)23-9-4-3-5-10-23)30-26(34)20-7-6-8-22(17-20)29-24(33)16-13-19-11-14-21(28)15-12-19/h3-17H,1-2H3,(H,29,33)(H,30,34)/b16-13+. The number of nitrogens with zero attached hydrogens (tertiary/aromatic N) is 2. The first-order valence-corrected chi connectivity index (χ1v) is 10.8. The lowest BCUT2D eigenvalue weighted by Crippen LogP contribution is -2.23. The molecule has 0 aliphatic carbocycles. The predicted octanol–water partition coefficient (Wildman–Crippen LogP) is 4.53. The lowest BCUT2D eigenvalue weighted by molar-refractivity contribution is -0.111. The van der Waals surface area contributed by atoms with Crippen molar-refractivity contribution in [1.82, 2.24) is 9.36 Å². The van der Waals surface area contributed by atoms with E-state index in [0.29, 0.717) is 22.6 Å². The van der Waals surface area contributed by atoms with Crippen LogP contribution in [0.15, 0.2) is 89.7 Å². The molecular weight excluding hydrogens is 447 g/mol. The van der Waals surface area contributed by atoms with Gasteiger partial charge in [-0.25, -0.2) is 9.07 Å².